The van der Waals surface area contributed by atoms with Gasteiger partial charge in [-0.15, -0.1) is 24.0 Å². The molecule has 3 N–H and O–H groups in total. The van der Waals surface area contributed by atoms with Gasteiger partial charge in [0.05, 0.1) is 25.9 Å². The van der Waals surface area contributed by atoms with Gasteiger partial charge in [-0.1, -0.05) is 0 Å². The predicted molar refractivity (Wildman–Crippen MR) is 103 cm³/mol. The highest BCUT2D eigenvalue weighted by Gasteiger charge is 2.41. The van der Waals surface area contributed by atoms with E-state index < -0.39 is 0 Å². The summed E-state index contributed by atoms with van der Waals surface area (Å²) in [6.07, 6.45) is 5.71. The number of ether oxygens (including phenoxy) is 2. The molecule has 0 aromatic heterocycles. The molecule has 7 heteroatoms. The zero-order valence-corrected chi connectivity index (χ0v) is 16.5. The van der Waals surface area contributed by atoms with E-state index in [-0.39, 0.29) is 36.0 Å². The molecule has 1 aliphatic heterocycles. The molecule has 0 amide bonds. The molecule has 2 rings (SSSR count). The largest absolute Gasteiger partial charge is 0.396 e. The van der Waals surface area contributed by atoms with Gasteiger partial charge in [-0.2, -0.15) is 0 Å². The van der Waals surface area contributed by atoms with Gasteiger partial charge in [0.15, 0.2) is 5.96 Å². The second-order valence-corrected chi connectivity index (χ2v) is 6.34. The molecule has 1 saturated heterocycles. The Kier molecular flexibility index (Phi) is 10.4. The van der Waals surface area contributed by atoms with E-state index in [0.717, 1.165) is 64.4 Å². The Hall–Kier alpha value is -0.120. The molecule has 2 aliphatic rings. The summed E-state index contributed by atoms with van der Waals surface area (Å²) >= 11 is 0. The molecule has 0 radical (unpaired) electrons. The molecule has 1 atom stereocenters. The van der Waals surface area contributed by atoms with E-state index in [2.05, 4.69) is 22.5 Å². The third kappa shape index (κ3) is 8.00. The zero-order valence-electron chi connectivity index (χ0n) is 14.2. The number of aliphatic hydroxyl groups is 1. The van der Waals surface area contributed by atoms with Crippen molar-refractivity contribution in [3.05, 3.63) is 0 Å². The first-order valence-electron chi connectivity index (χ1n) is 8.60. The van der Waals surface area contributed by atoms with Crippen molar-refractivity contribution in [1.29, 1.82) is 0 Å². The van der Waals surface area contributed by atoms with E-state index in [0.29, 0.717) is 19.3 Å². The topological polar surface area (TPSA) is 75.1 Å². The molecule has 2 fully saturated rings. The highest BCUT2D eigenvalue weighted by molar-refractivity contribution is 14.0. The molecule has 1 saturated carbocycles. The van der Waals surface area contributed by atoms with Gasteiger partial charge in [0.25, 0.3) is 0 Å². The maximum Gasteiger partial charge on any atom is 0.191 e. The van der Waals surface area contributed by atoms with Gasteiger partial charge >= 0.3 is 0 Å². The Bertz CT molecular complexity index is 345. The van der Waals surface area contributed by atoms with Crippen molar-refractivity contribution in [2.45, 2.75) is 45.1 Å². The van der Waals surface area contributed by atoms with Crippen molar-refractivity contribution in [3.63, 3.8) is 0 Å². The lowest BCUT2D eigenvalue weighted by Gasteiger charge is -2.14. The second kappa shape index (κ2) is 11.4. The van der Waals surface area contributed by atoms with Crippen LogP contribution in [0.4, 0.5) is 0 Å². The number of hydrogen-bond donors (Lipinski definition) is 3. The van der Waals surface area contributed by atoms with Crippen LogP contribution in [0, 0.1) is 5.41 Å². The maximum absolute atomic E-state index is 9.33. The van der Waals surface area contributed by atoms with Gasteiger partial charge in [-0.3, -0.25) is 4.99 Å². The Labute approximate surface area is 156 Å². The Balaban J connectivity index is 0.00000264. The number of aliphatic hydroxyl groups excluding tert-OH is 1. The third-order valence-electron chi connectivity index (χ3n) is 4.29. The molecule has 0 bridgehead atoms. The molecule has 1 unspecified atom stereocenters. The Morgan fingerprint density at radius 3 is 2.83 bits per heavy atom. The van der Waals surface area contributed by atoms with Crippen LogP contribution in [0.2, 0.25) is 0 Å². The minimum absolute atomic E-state index is 0. The minimum atomic E-state index is 0. The molecule has 0 aromatic rings. The second-order valence-electron chi connectivity index (χ2n) is 6.34. The number of hydrogen-bond acceptors (Lipinski definition) is 4. The molecule has 6 nitrogen and oxygen atoms in total. The normalized spacial score (nSPS) is 22.5. The van der Waals surface area contributed by atoms with Crippen LogP contribution in [0.1, 0.15) is 39.0 Å². The third-order valence-corrected chi connectivity index (χ3v) is 4.29. The van der Waals surface area contributed by atoms with Crippen LogP contribution in [0.3, 0.4) is 0 Å². The fourth-order valence-corrected chi connectivity index (χ4v) is 2.50. The Morgan fingerprint density at radius 1 is 1.39 bits per heavy atom. The first-order chi connectivity index (χ1) is 10.8. The predicted octanol–water partition coefficient (Wildman–Crippen LogP) is 1.52. The maximum atomic E-state index is 9.33. The zero-order chi connectivity index (χ0) is 15.7. The molecule has 136 valence electrons. The number of aliphatic imine (C=N–C) groups is 1. The lowest BCUT2D eigenvalue weighted by Crippen LogP contribution is -2.38. The van der Waals surface area contributed by atoms with Gasteiger partial charge in [0.1, 0.15) is 0 Å². The van der Waals surface area contributed by atoms with Crippen molar-refractivity contribution in [2.75, 3.05) is 46.1 Å². The summed E-state index contributed by atoms with van der Waals surface area (Å²) in [5, 5.41) is 15.9. The molecule has 1 aliphatic carbocycles. The summed E-state index contributed by atoms with van der Waals surface area (Å²) in [4.78, 5) is 4.57. The smallest absolute Gasteiger partial charge is 0.191 e. The highest BCUT2D eigenvalue weighted by atomic mass is 127. The summed E-state index contributed by atoms with van der Waals surface area (Å²) in [5.41, 5.74) is 0.0622. The van der Waals surface area contributed by atoms with Crippen LogP contribution in [-0.4, -0.2) is 63.2 Å². The number of nitrogens with zero attached hydrogens (tertiary/aromatic N) is 1. The minimum Gasteiger partial charge on any atom is -0.396 e. The number of guanidine groups is 1. The van der Waals surface area contributed by atoms with E-state index >= 15 is 0 Å². The van der Waals surface area contributed by atoms with E-state index in [9.17, 15) is 5.11 Å². The van der Waals surface area contributed by atoms with E-state index in [1.165, 1.54) is 0 Å². The molecule has 0 spiro atoms. The molecular formula is C16H32IN3O3. The summed E-state index contributed by atoms with van der Waals surface area (Å²) in [7, 11) is 0. The average Bonchev–Trinajstić information content (AvgIpc) is 3.13. The van der Waals surface area contributed by atoms with E-state index in [1.54, 1.807) is 0 Å². The summed E-state index contributed by atoms with van der Waals surface area (Å²) in [6.45, 7) is 7.02. The summed E-state index contributed by atoms with van der Waals surface area (Å²) in [6, 6.07) is 0. The number of nitrogens with one attached hydrogen (secondary N) is 2. The average molecular weight is 441 g/mol. The summed E-state index contributed by atoms with van der Waals surface area (Å²) < 4.78 is 11.2. The molecule has 23 heavy (non-hydrogen) atoms. The van der Waals surface area contributed by atoms with Gasteiger partial charge < -0.3 is 25.2 Å². The van der Waals surface area contributed by atoms with Crippen molar-refractivity contribution in [3.8, 4) is 0 Å². The molecule has 1 heterocycles. The van der Waals surface area contributed by atoms with Crippen LogP contribution in [0.25, 0.3) is 0 Å². The van der Waals surface area contributed by atoms with Crippen LogP contribution >= 0.6 is 24.0 Å². The van der Waals surface area contributed by atoms with Crippen molar-refractivity contribution in [1.82, 2.24) is 10.6 Å². The van der Waals surface area contributed by atoms with Gasteiger partial charge in [0.2, 0.25) is 0 Å². The highest BCUT2D eigenvalue weighted by Crippen LogP contribution is 2.45. The van der Waals surface area contributed by atoms with Gasteiger partial charge in [-0.25, -0.2) is 0 Å². The number of rotatable bonds is 10. The lowest BCUT2D eigenvalue weighted by molar-refractivity contribution is 0.0168. The molecule has 0 aromatic carbocycles. The van der Waals surface area contributed by atoms with Crippen LogP contribution in [0.5, 0.6) is 0 Å². The van der Waals surface area contributed by atoms with Crippen molar-refractivity contribution >= 4 is 29.9 Å². The van der Waals surface area contributed by atoms with Crippen molar-refractivity contribution in [2.24, 2.45) is 10.4 Å². The van der Waals surface area contributed by atoms with Crippen LogP contribution in [0.15, 0.2) is 4.99 Å². The van der Waals surface area contributed by atoms with Gasteiger partial charge in [0, 0.05) is 31.7 Å². The lowest BCUT2D eigenvalue weighted by atomic mass is 10.1. The first-order valence-corrected chi connectivity index (χ1v) is 8.60. The van der Waals surface area contributed by atoms with E-state index in [1.807, 2.05) is 0 Å². The van der Waals surface area contributed by atoms with Crippen LogP contribution in [-0.2, 0) is 9.47 Å². The van der Waals surface area contributed by atoms with Crippen molar-refractivity contribution < 1.29 is 14.6 Å². The number of halogens is 1. The standard InChI is InChI=1S/C16H31N3O3.HI/c1-2-17-15(19-12-16(13-20)6-7-16)18-8-4-9-21-11-14-5-3-10-22-14;/h14,20H,2-13H2,1H3,(H2,17,18,19);1H. The fourth-order valence-electron chi connectivity index (χ4n) is 2.50. The van der Waals surface area contributed by atoms with Crippen LogP contribution < -0.4 is 10.6 Å². The van der Waals surface area contributed by atoms with E-state index in [4.69, 9.17) is 9.47 Å². The van der Waals surface area contributed by atoms with Gasteiger partial charge in [-0.05, 0) is 39.0 Å². The Morgan fingerprint density at radius 2 is 2.22 bits per heavy atom. The monoisotopic (exact) mass is 441 g/mol. The summed E-state index contributed by atoms with van der Waals surface area (Å²) in [5.74, 6) is 0.835. The fraction of sp³-hybridized carbons (Fsp3) is 0.938. The molecular weight excluding hydrogens is 409 g/mol. The quantitative estimate of drug-likeness (QED) is 0.208. The first kappa shape index (κ1) is 20.9. The SMILES string of the molecule is CCNC(=NCC1(CO)CC1)NCCCOCC1CCCO1.I.